The molecule has 1 aliphatic rings. The Bertz CT molecular complexity index is 670. The van der Waals surface area contributed by atoms with Crippen LogP contribution in [0.25, 0.3) is 0 Å². The van der Waals surface area contributed by atoms with E-state index in [1.165, 1.54) is 5.56 Å². The molecular weight excluding hydrogens is 312 g/mol. The van der Waals surface area contributed by atoms with Crippen LogP contribution in [0.4, 0.5) is 5.69 Å². The first-order valence-electron chi connectivity index (χ1n) is 7.77. The Morgan fingerprint density at radius 3 is 2.87 bits per heavy atom. The van der Waals surface area contributed by atoms with Gasteiger partial charge in [0.15, 0.2) is 0 Å². The average Bonchev–Trinajstić information content (AvgIpc) is 3.16. The first-order valence-corrected chi connectivity index (χ1v) is 7.77. The van der Waals surface area contributed by atoms with Gasteiger partial charge in [0.05, 0.1) is 12.1 Å². The molecule has 5 nitrogen and oxygen atoms in total. The van der Waals surface area contributed by atoms with Gasteiger partial charge >= 0.3 is 0 Å². The second-order valence-corrected chi connectivity index (χ2v) is 5.82. The summed E-state index contributed by atoms with van der Waals surface area (Å²) in [5.41, 5.74) is 3.21. The van der Waals surface area contributed by atoms with Crippen LogP contribution in [0.1, 0.15) is 24.0 Å². The highest BCUT2D eigenvalue weighted by Crippen LogP contribution is 2.29. The Morgan fingerprint density at radius 2 is 2.17 bits per heavy atom. The zero-order chi connectivity index (χ0) is 15.5. The lowest BCUT2D eigenvalue weighted by molar-refractivity contribution is -0.119. The molecular formula is C17H23ClN4O. The monoisotopic (exact) mass is 334 g/mol. The van der Waals surface area contributed by atoms with Gasteiger partial charge in [0.1, 0.15) is 0 Å². The minimum atomic E-state index is -0.0610. The van der Waals surface area contributed by atoms with Crippen molar-refractivity contribution in [2.45, 2.75) is 19.3 Å². The highest BCUT2D eigenvalue weighted by Gasteiger charge is 2.34. The summed E-state index contributed by atoms with van der Waals surface area (Å²) < 4.78 is 1.79. The Hall–Kier alpha value is -1.85. The van der Waals surface area contributed by atoms with Crippen molar-refractivity contribution < 1.29 is 4.79 Å². The summed E-state index contributed by atoms with van der Waals surface area (Å²) in [6, 6.07) is 7.99. The normalized spacial score (nSPS) is 20.1. The molecule has 3 rings (SSSR count). The van der Waals surface area contributed by atoms with Crippen molar-refractivity contribution in [1.82, 2.24) is 15.1 Å². The molecule has 1 aliphatic heterocycles. The molecule has 1 fully saturated rings. The summed E-state index contributed by atoms with van der Waals surface area (Å²) in [5.74, 6) is 0.205. The molecule has 0 radical (unpaired) electrons. The van der Waals surface area contributed by atoms with Crippen molar-refractivity contribution in [3.05, 3.63) is 47.8 Å². The third-order valence-corrected chi connectivity index (χ3v) is 4.36. The van der Waals surface area contributed by atoms with Gasteiger partial charge in [-0.1, -0.05) is 25.1 Å². The van der Waals surface area contributed by atoms with Crippen LogP contribution < -0.4 is 10.6 Å². The van der Waals surface area contributed by atoms with Crippen molar-refractivity contribution >= 4 is 24.0 Å². The molecule has 0 aliphatic carbocycles. The lowest BCUT2D eigenvalue weighted by Gasteiger charge is -2.18. The molecule has 0 bridgehead atoms. The Labute approximate surface area is 142 Å². The van der Waals surface area contributed by atoms with Crippen molar-refractivity contribution in [1.29, 1.82) is 0 Å². The van der Waals surface area contributed by atoms with E-state index in [2.05, 4.69) is 28.7 Å². The van der Waals surface area contributed by atoms with Gasteiger partial charge in [-0.2, -0.15) is 5.10 Å². The van der Waals surface area contributed by atoms with E-state index in [4.69, 9.17) is 0 Å². The Kier molecular flexibility index (Phi) is 5.80. The van der Waals surface area contributed by atoms with E-state index in [0.29, 0.717) is 6.54 Å². The van der Waals surface area contributed by atoms with Crippen molar-refractivity contribution in [2.24, 2.45) is 13.0 Å². The Morgan fingerprint density at radius 1 is 1.39 bits per heavy atom. The number of nitrogens with one attached hydrogen (secondary N) is 2. The number of anilines is 1. The third kappa shape index (κ3) is 3.74. The number of hydrogen-bond donors (Lipinski definition) is 2. The molecule has 1 aromatic carbocycles. The molecule has 1 saturated heterocycles. The zero-order valence-corrected chi connectivity index (χ0v) is 14.3. The van der Waals surface area contributed by atoms with Crippen LogP contribution in [0, 0.1) is 5.92 Å². The summed E-state index contributed by atoms with van der Waals surface area (Å²) in [5, 5.41) is 10.7. The molecule has 1 aromatic heterocycles. The third-order valence-electron chi connectivity index (χ3n) is 4.36. The van der Waals surface area contributed by atoms with Crippen LogP contribution in [-0.2, 0) is 18.3 Å². The fourth-order valence-corrected chi connectivity index (χ4v) is 3.11. The van der Waals surface area contributed by atoms with Crippen molar-refractivity contribution in [2.75, 3.05) is 18.4 Å². The van der Waals surface area contributed by atoms with Gasteiger partial charge in [-0.25, -0.2) is 0 Å². The number of para-hydroxylation sites is 1. The molecule has 2 aromatic rings. The summed E-state index contributed by atoms with van der Waals surface area (Å²) >= 11 is 0. The number of benzene rings is 1. The highest BCUT2D eigenvalue weighted by molar-refractivity contribution is 5.94. The van der Waals surface area contributed by atoms with Gasteiger partial charge in [-0.05, 0) is 23.6 Å². The number of hydrogen-bond acceptors (Lipinski definition) is 3. The number of amides is 1. The van der Waals surface area contributed by atoms with Crippen LogP contribution in [0.3, 0.4) is 0 Å². The Balaban J connectivity index is 0.00000192. The number of carbonyl (C=O) groups is 1. The largest absolute Gasteiger partial charge is 0.326 e. The van der Waals surface area contributed by atoms with Gasteiger partial charge < -0.3 is 10.6 Å². The maximum atomic E-state index is 12.7. The SMILES string of the molecule is CCc1ccccc1NC(=O)[C@H]1CNC[C@@H]1c1cnn(C)c1.Cl. The summed E-state index contributed by atoms with van der Waals surface area (Å²) in [7, 11) is 1.90. The number of nitrogens with zero attached hydrogens (tertiary/aromatic N) is 2. The first kappa shape index (κ1) is 17.5. The number of aryl methyl sites for hydroxylation is 2. The van der Waals surface area contributed by atoms with E-state index in [1.54, 1.807) is 4.68 Å². The van der Waals surface area contributed by atoms with Crippen LogP contribution in [0.2, 0.25) is 0 Å². The fraction of sp³-hybridized carbons (Fsp3) is 0.412. The van der Waals surface area contributed by atoms with E-state index in [0.717, 1.165) is 24.2 Å². The first-order chi connectivity index (χ1) is 10.7. The maximum absolute atomic E-state index is 12.7. The van der Waals surface area contributed by atoms with E-state index < -0.39 is 0 Å². The van der Waals surface area contributed by atoms with Crippen LogP contribution >= 0.6 is 12.4 Å². The number of aromatic nitrogens is 2. The molecule has 2 heterocycles. The smallest absolute Gasteiger partial charge is 0.229 e. The van der Waals surface area contributed by atoms with Gasteiger partial charge in [0.25, 0.3) is 0 Å². The molecule has 0 unspecified atom stereocenters. The highest BCUT2D eigenvalue weighted by atomic mass is 35.5. The number of rotatable bonds is 4. The molecule has 124 valence electrons. The zero-order valence-electron chi connectivity index (χ0n) is 13.5. The lowest BCUT2D eigenvalue weighted by Crippen LogP contribution is -2.28. The van der Waals surface area contributed by atoms with Gasteiger partial charge in [0.2, 0.25) is 5.91 Å². The quantitative estimate of drug-likeness (QED) is 0.902. The number of halogens is 1. The minimum Gasteiger partial charge on any atom is -0.326 e. The second-order valence-electron chi connectivity index (χ2n) is 5.82. The van der Waals surface area contributed by atoms with Gasteiger partial charge in [-0.15, -0.1) is 12.4 Å². The topological polar surface area (TPSA) is 59.0 Å². The van der Waals surface area contributed by atoms with Crippen LogP contribution in [0.5, 0.6) is 0 Å². The van der Waals surface area contributed by atoms with E-state index in [9.17, 15) is 4.79 Å². The predicted molar refractivity (Wildman–Crippen MR) is 94.0 cm³/mol. The molecule has 0 spiro atoms. The standard InChI is InChI=1S/C17H22N4O.ClH/c1-3-12-6-4-5-7-16(12)20-17(22)15-10-18-9-14(15)13-8-19-21(2)11-13;/h4-8,11,14-15,18H,3,9-10H2,1-2H3,(H,20,22);1H/t14-,15+;/m1./s1. The molecule has 23 heavy (non-hydrogen) atoms. The van der Waals surface area contributed by atoms with E-state index in [1.807, 2.05) is 37.6 Å². The van der Waals surface area contributed by atoms with Crippen molar-refractivity contribution in [3.63, 3.8) is 0 Å². The summed E-state index contributed by atoms with van der Waals surface area (Å²) in [6.45, 7) is 3.62. The molecule has 2 atom stereocenters. The summed E-state index contributed by atoms with van der Waals surface area (Å²) in [6.07, 6.45) is 4.77. The van der Waals surface area contributed by atoms with E-state index in [-0.39, 0.29) is 30.2 Å². The minimum absolute atomic E-state index is 0. The molecule has 2 N–H and O–H groups in total. The van der Waals surface area contributed by atoms with Crippen LogP contribution in [0.15, 0.2) is 36.7 Å². The second kappa shape index (κ2) is 7.62. The maximum Gasteiger partial charge on any atom is 0.229 e. The average molecular weight is 335 g/mol. The fourth-order valence-electron chi connectivity index (χ4n) is 3.11. The van der Waals surface area contributed by atoms with Crippen molar-refractivity contribution in [3.8, 4) is 0 Å². The van der Waals surface area contributed by atoms with Crippen LogP contribution in [-0.4, -0.2) is 28.8 Å². The molecule has 1 amide bonds. The predicted octanol–water partition coefficient (Wildman–Crippen LogP) is 2.35. The summed E-state index contributed by atoms with van der Waals surface area (Å²) in [4.78, 5) is 12.7. The van der Waals surface area contributed by atoms with Gasteiger partial charge in [-0.3, -0.25) is 9.48 Å². The lowest BCUT2D eigenvalue weighted by atomic mass is 9.90. The number of carbonyl (C=O) groups excluding carboxylic acids is 1. The van der Waals surface area contributed by atoms with Gasteiger partial charge in [0, 0.05) is 37.9 Å². The van der Waals surface area contributed by atoms with E-state index >= 15 is 0 Å². The molecule has 0 saturated carbocycles. The molecule has 6 heteroatoms.